The average Bonchev–Trinajstić information content (AvgIpc) is 1.96. The maximum absolute atomic E-state index is 15.0. The third-order valence-corrected chi connectivity index (χ3v) is 16.1. The number of ketones is 1. The largest absolute Gasteiger partial charge is 0.493 e. The number of carbonyl (C=O) groups excluding carboxylic acids is 11. The highest BCUT2D eigenvalue weighted by molar-refractivity contribution is 6.38. The zero-order chi connectivity index (χ0) is 67.5. The van der Waals surface area contributed by atoms with Gasteiger partial charge >= 0.3 is 17.9 Å². The van der Waals surface area contributed by atoms with E-state index < -0.39 is 126 Å². The molecule has 0 radical (unpaired) electrons. The fourth-order valence-electron chi connectivity index (χ4n) is 10.9. The maximum atomic E-state index is 15.0. The zero-order valence-electron chi connectivity index (χ0n) is 55.1. The molecule has 5 rings (SSSR count). The van der Waals surface area contributed by atoms with E-state index in [1.807, 2.05) is 26.8 Å². The Bertz CT molecular complexity index is 3110. The average molecular weight is 1260 g/mol. The van der Waals surface area contributed by atoms with Gasteiger partial charge in [0.2, 0.25) is 41.2 Å². The van der Waals surface area contributed by atoms with E-state index in [4.69, 9.17) is 23.7 Å². The van der Waals surface area contributed by atoms with E-state index in [2.05, 4.69) is 17.2 Å². The van der Waals surface area contributed by atoms with Crippen LogP contribution in [0.3, 0.4) is 0 Å². The lowest BCUT2D eigenvalue weighted by atomic mass is 9.87. The second-order valence-corrected chi connectivity index (χ2v) is 25.2. The number of esters is 3. The number of benzene rings is 3. The quantitative estimate of drug-likeness (QED) is 0.0291. The molecule has 0 spiro atoms. The number of nitrogens with one attached hydrogen (secondary N) is 2. The molecule has 0 bridgehead atoms. The minimum atomic E-state index is -1.51. The molecular formula is C68H93N7O16. The van der Waals surface area contributed by atoms with Gasteiger partial charge in [0.05, 0.1) is 26.1 Å². The van der Waals surface area contributed by atoms with Crippen molar-refractivity contribution in [2.24, 2.45) is 11.3 Å². The van der Waals surface area contributed by atoms with Crippen LogP contribution in [0.1, 0.15) is 148 Å². The third-order valence-electron chi connectivity index (χ3n) is 16.1. The van der Waals surface area contributed by atoms with E-state index in [1.54, 1.807) is 106 Å². The molecule has 2 aliphatic heterocycles. The highest BCUT2D eigenvalue weighted by Crippen LogP contribution is 2.34. The molecule has 7 amide bonds. The first-order valence-electron chi connectivity index (χ1n) is 31.1. The number of hydrogen-bond donors (Lipinski definition) is 2. The van der Waals surface area contributed by atoms with Crippen molar-refractivity contribution in [1.82, 2.24) is 29.8 Å². The van der Waals surface area contributed by atoms with Crippen molar-refractivity contribution in [3.63, 3.8) is 0 Å². The second kappa shape index (κ2) is 33.4. The molecule has 2 N–H and O–H groups in total. The van der Waals surface area contributed by atoms with Gasteiger partial charge < -0.3 is 58.8 Å². The minimum Gasteiger partial charge on any atom is -0.493 e. The van der Waals surface area contributed by atoms with Crippen LogP contribution in [-0.4, -0.2) is 181 Å². The Morgan fingerprint density at radius 1 is 0.725 bits per heavy atom. The molecule has 0 saturated carbocycles. The van der Waals surface area contributed by atoms with Crippen LogP contribution in [0.25, 0.3) is 0 Å². The van der Waals surface area contributed by atoms with Gasteiger partial charge in [-0.25, -0.2) is 9.59 Å². The van der Waals surface area contributed by atoms with Crippen molar-refractivity contribution in [2.75, 3.05) is 66.9 Å². The summed E-state index contributed by atoms with van der Waals surface area (Å²) >= 11 is 0. The van der Waals surface area contributed by atoms with Crippen molar-refractivity contribution in [2.45, 2.75) is 168 Å². The van der Waals surface area contributed by atoms with Crippen molar-refractivity contribution in [3.05, 3.63) is 102 Å². The number of aryl methyl sites for hydroxylation is 1. The smallest absolute Gasteiger partial charge is 0.330 e. The summed E-state index contributed by atoms with van der Waals surface area (Å²) in [6, 6.07) is 14.3. The molecule has 3 aromatic carbocycles. The molecule has 0 aromatic heterocycles. The van der Waals surface area contributed by atoms with Crippen LogP contribution < -0.4 is 20.1 Å². The number of likely N-dealkylation sites (N-methyl/N-ethyl adjacent to an activating group) is 3. The monoisotopic (exact) mass is 1260 g/mol. The first-order valence-corrected chi connectivity index (χ1v) is 31.1. The standard InChI is InChI=1S/C68H93N7O16/c1-15-57(78)89-42-68(8,9)60(80)65(85)75-36-21-20-28-49(75)66(86)90-52(32-30-44-31-33-53(87-13)54(39-44)88-14)46-26-22-27-47(40-46)69-55(76)34-35-56(77)70-59(45-24-18-17-19-25-45)64(84)73(12)51(41-58(79)91-67(5,6)7)63(83)74-37-23-29-48(74)62(82)72(11)50(38-43(3)4)61(81)71(10)16-2/h15,17-19,22,24-27,31,33,39-40,43,48-52,59H,1,16,20-21,23,28-30,32,34-38,41-42H2,2-14H3,(H,69,76)(H,70,77)/t48-,49+,50+,51+,52-,59?/m1/s1. The number of methoxy groups -OCH3 is 2. The maximum Gasteiger partial charge on any atom is 0.330 e. The summed E-state index contributed by atoms with van der Waals surface area (Å²) in [5, 5.41) is 5.57. The minimum absolute atomic E-state index is 0.0518. The van der Waals surface area contributed by atoms with Crippen molar-refractivity contribution in [1.29, 1.82) is 0 Å². The van der Waals surface area contributed by atoms with Crippen LogP contribution >= 0.6 is 0 Å². The van der Waals surface area contributed by atoms with Crippen LogP contribution in [0.2, 0.25) is 0 Å². The molecule has 496 valence electrons. The van der Waals surface area contributed by atoms with Crippen molar-refractivity contribution in [3.8, 4) is 11.5 Å². The summed E-state index contributed by atoms with van der Waals surface area (Å²) in [5.74, 6) is -6.51. The highest BCUT2D eigenvalue weighted by Gasteiger charge is 2.46. The van der Waals surface area contributed by atoms with Crippen LogP contribution in [0, 0.1) is 11.3 Å². The third kappa shape index (κ3) is 20.4. The fraction of sp³-hybridized carbons (Fsp3) is 0.544. The van der Waals surface area contributed by atoms with Crippen LogP contribution in [0.5, 0.6) is 11.5 Å². The molecule has 1 unspecified atom stereocenters. The normalized spacial score (nSPS) is 16.2. The van der Waals surface area contributed by atoms with Crippen LogP contribution in [0.4, 0.5) is 5.69 Å². The zero-order valence-corrected chi connectivity index (χ0v) is 55.1. The molecule has 23 nitrogen and oxygen atoms in total. The van der Waals surface area contributed by atoms with E-state index in [0.717, 1.165) is 16.5 Å². The van der Waals surface area contributed by atoms with E-state index in [-0.39, 0.29) is 56.3 Å². The topological polar surface area (TPSA) is 274 Å². The van der Waals surface area contributed by atoms with Gasteiger partial charge in [-0.3, -0.25) is 43.2 Å². The number of anilines is 1. The van der Waals surface area contributed by atoms with Crippen LogP contribution in [0.15, 0.2) is 85.5 Å². The lowest BCUT2D eigenvalue weighted by Crippen LogP contribution is -2.58. The van der Waals surface area contributed by atoms with Gasteiger partial charge in [0.25, 0.3) is 5.91 Å². The molecule has 2 heterocycles. The summed E-state index contributed by atoms with van der Waals surface area (Å²) in [5.41, 5.74) is -0.490. The summed E-state index contributed by atoms with van der Waals surface area (Å²) < 4.78 is 28.0. The number of Topliss-reactive ketones (excluding diaryl/α,β-unsaturated/α-hetero) is 1. The molecule has 6 atom stereocenters. The highest BCUT2D eigenvalue weighted by atomic mass is 16.6. The Kier molecular flexibility index (Phi) is 26.9. The van der Waals surface area contributed by atoms with Gasteiger partial charge in [-0.05, 0) is 140 Å². The number of nitrogens with zero attached hydrogens (tertiary/aromatic N) is 5. The molecule has 3 aromatic rings. The van der Waals surface area contributed by atoms with Crippen molar-refractivity contribution >= 4 is 70.7 Å². The first-order chi connectivity index (χ1) is 42.9. The number of rotatable bonds is 30. The molecule has 23 heteroatoms. The predicted octanol–water partition coefficient (Wildman–Crippen LogP) is 7.10. The lowest BCUT2D eigenvalue weighted by Gasteiger charge is -2.37. The first kappa shape index (κ1) is 73.1. The van der Waals surface area contributed by atoms with Gasteiger partial charge in [0.1, 0.15) is 48.5 Å². The fourth-order valence-corrected chi connectivity index (χ4v) is 10.9. The van der Waals surface area contributed by atoms with Gasteiger partial charge in [-0.1, -0.05) is 69.0 Å². The summed E-state index contributed by atoms with van der Waals surface area (Å²) in [7, 11) is 7.57. The SMILES string of the molecule is C=CC(=O)OCC(C)(C)C(=O)C(=O)N1CCCC[C@H]1C(=O)O[C@H](CCc1ccc(OC)c(OC)c1)c1cccc(NC(=O)CCC(=O)NC(C(=O)N(C)[C@@H](CC(=O)OC(C)(C)C)C(=O)N2CCC[C@@H]2C(=O)N(C)[C@@H](CC(C)C)C(=O)N(C)CC)c2ccccc2)c1. The molecular weight excluding hydrogens is 1170 g/mol. The molecule has 2 fully saturated rings. The molecule has 2 aliphatic rings. The van der Waals surface area contributed by atoms with E-state index in [1.165, 1.54) is 49.8 Å². The number of amides is 7. The predicted molar refractivity (Wildman–Crippen MR) is 339 cm³/mol. The molecule has 0 aliphatic carbocycles. The van der Waals surface area contributed by atoms with Gasteiger partial charge in [0.15, 0.2) is 11.5 Å². The summed E-state index contributed by atoms with van der Waals surface area (Å²) in [6.07, 6.45) is 1.56. The van der Waals surface area contributed by atoms with Gasteiger partial charge in [0, 0.05) is 65.4 Å². The Morgan fingerprint density at radius 3 is 2.01 bits per heavy atom. The van der Waals surface area contributed by atoms with Gasteiger partial charge in [-0.15, -0.1) is 0 Å². The number of carbonyl (C=O) groups is 11. The Balaban J connectivity index is 1.36. The Morgan fingerprint density at radius 2 is 1.37 bits per heavy atom. The molecule has 91 heavy (non-hydrogen) atoms. The van der Waals surface area contributed by atoms with Crippen molar-refractivity contribution < 1.29 is 76.4 Å². The van der Waals surface area contributed by atoms with E-state index >= 15 is 0 Å². The van der Waals surface area contributed by atoms with E-state index in [9.17, 15) is 52.7 Å². The number of piperidine rings is 1. The van der Waals surface area contributed by atoms with E-state index in [0.29, 0.717) is 61.3 Å². The number of likely N-dealkylation sites (tertiary alicyclic amines) is 2. The number of ether oxygens (including phenoxy) is 5. The second-order valence-electron chi connectivity index (χ2n) is 25.2. The molecule has 2 saturated heterocycles. The Labute approximate surface area is 534 Å². The van der Waals surface area contributed by atoms with Gasteiger partial charge in [-0.2, -0.15) is 0 Å². The summed E-state index contributed by atoms with van der Waals surface area (Å²) in [6.45, 7) is 17.3. The Hall–Kier alpha value is -8.63. The van der Waals surface area contributed by atoms with Crippen LogP contribution in [-0.2, 0) is 73.4 Å². The lowest BCUT2D eigenvalue weighted by molar-refractivity contribution is -0.165. The summed E-state index contributed by atoms with van der Waals surface area (Å²) in [4.78, 5) is 160. The number of hydrogen-bond acceptors (Lipinski definition) is 16.